The van der Waals surface area contributed by atoms with Gasteiger partial charge in [-0.2, -0.15) is 10.2 Å². The normalized spacial score (nSPS) is 17.2. The van der Waals surface area contributed by atoms with Crippen molar-refractivity contribution in [3.8, 4) is 11.3 Å². The average Bonchev–Trinajstić information content (AvgIpc) is 3.22. The first kappa shape index (κ1) is 14.1. The molecule has 0 saturated heterocycles. The van der Waals surface area contributed by atoms with Gasteiger partial charge < -0.3 is 5.32 Å². The minimum atomic E-state index is -0.237. The Morgan fingerprint density at radius 1 is 1.17 bits per heavy atom. The van der Waals surface area contributed by atoms with Crippen LogP contribution in [0.2, 0.25) is 0 Å². The molecular formula is C17H18FN5. The number of halogens is 1. The highest BCUT2D eigenvalue weighted by atomic mass is 19.1. The molecule has 0 saturated carbocycles. The topological polar surface area (TPSA) is 69.4 Å². The van der Waals surface area contributed by atoms with E-state index in [-0.39, 0.29) is 5.82 Å². The molecule has 5 nitrogen and oxygen atoms in total. The summed E-state index contributed by atoms with van der Waals surface area (Å²) >= 11 is 0. The van der Waals surface area contributed by atoms with Crippen LogP contribution in [0.4, 0.5) is 4.39 Å². The number of fused-ring (bicyclic) bond motifs is 1. The number of aryl methyl sites for hydroxylation is 1. The molecule has 1 aromatic carbocycles. The van der Waals surface area contributed by atoms with Crippen LogP contribution in [0.3, 0.4) is 0 Å². The van der Waals surface area contributed by atoms with Gasteiger partial charge in [-0.3, -0.25) is 10.2 Å². The molecule has 118 valence electrons. The van der Waals surface area contributed by atoms with Crippen molar-refractivity contribution in [3.63, 3.8) is 0 Å². The molecule has 1 aliphatic rings. The Morgan fingerprint density at radius 2 is 2.04 bits per heavy atom. The van der Waals surface area contributed by atoms with E-state index in [0.717, 1.165) is 30.5 Å². The second kappa shape index (κ2) is 5.96. The molecule has 23 heavy (non-hydrogen) atoms. The maximum atomic E-state index is 14.0. The predicted molar refractivity (Wildman–Crippen MR) is 85.2 cm³/mol. The summed E-state index contributed by atoms with van der Waals surface area (Å²) in [6, 6.07) is 7.17. The molecule has 1 aliphatic carbocycles. The summed E-state index contributed by atoms with van der Waals surface area (Å²) in [5.41, 5.74) is 4.82. The smallest absolute Gasteiger partial charge is 0.132 e. The van der Waals surface area contributed by atoms with Gasteiger partial charge in [0.15, 0.2) is 0 Å². The molecule has 0 spiro atoms. The van der Waals surface area contributed by atoms with E-state index >= 15 is 0 Å². The Kier molecular flexibility index (Phi) is 3.67. The standard InChI is InChI=1S/C17H18FN5/c18-15-4-2-1-3-14(15)17-12(10-21-23-17)8-19-13-5-6-16-11(7-13)9-20-22-16/h1-4,9-10,13,19H,5-8H2,(H,20,22)(H,21,23). The van der Waals surface area contributed by atoms with E-state index < -0.39 is 0 Å². The van der Waals surface area contributed by atoms with Crippen molar-refractivity contribution in [2.24, 2.45) is 0 Å². The zero-order valence-electron chi connectivity index (χ0n) is 12.6. The molecular weight excluding hydrogens is 293 g/mol. The van der Waals surface area contributed by atoms with E-state index in [4.69, 9.17) is 0 Å². The summed E-state index contributed by atoms with van der Waals surface area (Å²) in [6.07, 6.45) is 6.73. The van der Waals surface area contributed by atoms with Crippen LogP contribution in [0, 0.1) is 5.82 Å². The molecule has 2 aromatic heterocycles. The lowest BCUT2D eigenvalue weighted by molar-refractivity contribution is 0.456. The summed E-state index contributed by atoms with van der Waals surface area (Å²) in [5, 5.41) is 17.7. The van der Waals surface area contributed by atoms with Gasteiger partial charge in [0.2, 0.25) is 0 Å². The lowest BCUT2D eigenvalue weighted by atomic mass is 9.93. The Bertz CT molecular complexity index is 807. The summed E-state index contributed by atoms with van der Waals surface area (Å²) in [7, 11) is 0. The first-order valence-corrected chi connectivity index (χ1v) is 7.83. The number of aromatic amines is 2. The first-order chi connectivity index (χ1) is 11.3. The van der Waals surface area contributed by atoms with Crippen molar-refractivity contribution in [2.75, 3.05) is 0 Å². The Balaban J connectivity index is 1.47. The fourth-order valence-electron chi connectivity index (χ4n) is 3.19. The molecule has 2 heterocycles. The number of nitrogens with zero attached hydrogens (tertiary/aromatic N) is 2. The van der Waals surface area contributed by atoms with Crippen molar-refractivity contribution in [3.05, 3.63) is 59.3 Å². The fourth-order valence-corrected chi connectivity index (χ4v) is 3.19. The SMILES string of the molecule is Fc1ccccc1-c1[nH]ncc1CNC1CCc2[nH]ncc2C1. The van der Waals surface area contributed by atoms with Gasteiger partial charge in [-0.1, -0.05) is 12.1 Å². The van der Waals surface area contributed by atoms with Crippen molar-refractivity contribution < 1.29 is 4.39 Å². The molecule has 3 N–H and O–H groups in total. The number of benzene rings is 1. The summed E-state index contributed by atoms with van der Waals surface area (Å²) in [4.78, 5) is 0. The first-order valence-electron chi connectivity index (χ1n) is 7.83. The minimum absolute atomic E-state index is 0.237. The van der Waals surface area contributed by atoms with E-state index in [9.17, 15) is 4.39 Å². The molecule has 0 radical (unpaired) electrons. The predicted octanol–water partition coefficient (Wildman–Crippen LogP) is 2.59. The molecule has 0 aliphatic heterocycles. The van der Waals surface area contributed by atoms with Crippen LogP contribution in [0.25, 0.3) is 11.3 Å². The highest BCUT2D eigenvalue weighted by Crippen LogP contribution is 2.24. The van der Waals surface area contributed by atoms with Gasteiger partial charge in [0.1, 0.15) is 5.82 Å². The molecule has 4 rings (SSSR count). The lowest BCUT2D eigenvalue weighted by Gasteiger charge is -2.22. The van der Waals surface area contributed by atoms with Crippen LogP contribution in [-0.4, -0.2) is 26.4 Å². The largest absolute Gasteiger partial charge is 0.309 e. The number of H-pyrrole nitrogens is 2. The van der Waals surface area contributed by atoms with Crippen molar-refractivity contribution in [1.82, 2.24) is 25.7 Å². The van der Waals surface area contributed by atoms with Crippen LogP contribution in [-0.2, 0) is 19.4 Å². The average molecular weight is 311 g/mol. The van der Waals surface area contributed by atoms with Gasteiger partial charge >= 0.3 is 0 Å². The van der Waals surface area contributed by atoms with E-state index in [1.807, 2.05) is 12.3 Å². The number of nitrogens with one attached hydrogen (secondary N) is 3. The minimum Gasteiger partial charge on any atom is -0.309 e. The molecule has 0 fully saturated rings. The number of rotatable bonds is 4. The van der Waals surface area contributed by atoms with Crippen LogP contribution in [0.5, 0.6) is 0 Å². The maximum Gasteiger partial charge on any atom is 0.132 e. The molecule has 0 amide bonds. The molecule has 1 unspecified atom stereocenters. The van der Waals surface area contributed by atoms with Gasteiger partial charge in [-0.25, -0.2) is 4.39 Å². The van der Waals surface area contributed by atoms with Gasteiger partial charge in [0.25, 0.3) is 0 Å². The summed E-state index contributed by atoms with van der Waals surface area (Å²) in [5.74, 6) is -0.237. The summed E-state index contributed by atoms with van der Waals surface area (Å²) < 4.78 is 14.0. The quantitative estimate of drug-likeness (QED) is 0.693. The van der Waals surface area contributed by atoms with Gasteiger partial charge in [0, 0.05) is 29.4 Å². The van der Waals surface area contributed by atoms with Gasteiger partial charge in [0.05, 0.1) is 18.1 Å². The monoisotopic (exact) mass is 311 g/mol. The lowest BCUT2D eigenvalue weighted by Crippen LogP contribution is -2.33. The Morgan fingerprint density at radius 3 is 2.96 bits per heavy atom. The van der Waals surface area contributed by atoms with Crippen LogP contribution in [0.15, 0.2) is 36.7 Å². The molecule has 3 aromatic rings. The van der Waals surface area contributed by atoms with Crippen molar-refractivity contribution in [1.29, 1.82) is 0 Å². The van der Waals surface area contributed by atoms with Crippen LogP contribution in [0.1, 0.15) is 23.2 Å². The highest BCUT2D eigenvalue weighted by molar-refractivity contribution is 5.63. The highest BCUT2D eigenvalue weighted by Gasteiger charge is 2.20. The number of aromatic nitrogens is 4. The second-order valence-electron chi connectivity index (χ2n) is 5.94. The maximum absolute atomic E-state index is 14.0. The van der Waals surface area contributed by atoms with Crippen LogP contribution < -0.4 is 5.32 Å². The Hall–Kier alpha value is -2.47. The van der Waals surface area contributed by atoms with Gasteiger partial charge in [-0.05, 0) is 37.0 Å². The molecule has 6 heteroatoms. The zero-order valence-corrected chi connectivity index (χ0v) is 12.6. The third kappa shape index (κ3) is 2.77. The molecule has 1 atom stereocenters. The van der Waals surface area contributed by atoms with Crippen LogP contribution >= 0.6 is 0 Å². The zero-order chi connectivity index (χ0) is 15.6. The Labute approximate surface area is 133 Å². The van der Waals surface area contributed by atoms with E-state index in [0.29, 0.717) is 18.2 Å². The third-order valence-electron chi connectivity index (χ3n) is 4.46. The van der Waals surface area contributed by atoms with E-state index in [2.05, 4.69) is 25.7 Å². The van der Waals surface area contributed by atoms with Gasteiger partial charge in [-0.15, -0.1) is 0 Å². The summed E-state index contributed by atoms with van der Waals surface area (Å²) in [6.45, 7) is 0.665. The third-order valence-corrected chi connectivity index (χ3v) is 4.46. The number of hydrogen-bond donors (Lipinski definition) is 3. The van der Waals surface area contributed by atoms with E-state index in [1.54, 1.807) is 18.3 Å². The van der Waals surface area contributed by atoms with Crippen molar-refractivity contribution >= 4 is 0 Å². The number of hydrogen-bond acceptors (Lipinski definition) is 3. The molecule has 0 bridgehead atoms. The second-order valence-corrected chi connectivity index (χ2v) is 5.94. The fraction of sp³-hybridized carbons (Fsp3) is 0.294. The van der Waals surface area contributed by atoms with Crippen molar-refractivity contribution in [2.45, 2.75) is 31.8 Å². The van der Waals surface area contributed by atoms with E-state index in [1.165, 1.54) is 17.3 Å².